The van der Waals surface area contributed by atoms with Crippen LogP contribution in [0.5, 0.6) is 5.75 Å². The maximum Gasteiger partial charge on any atom is 0.171 e. The number of rotatable bonds is 5. The van der Waals surface area contributed by atoms with Gasteiger partial charge in [-0.3, -0.25) is 0 Å². The van der Waals surface area contributed by atoms with Gasteiger partial charge in [-0.2, -0.15) is 0 Å². The predicted octanol–water partition coefficient (Wildman–Crippen LogP) is 1.95. The minimum Gasteiger partial charge on any atom is -0.488 e. The SMILES string of the molecule is CC[C@@]1(NS(=O)C(C)(C)C)COc2c1cc([C@](C)(O)CN)nc2Cl. The van der Waals surface area contributed by atoms with Crippen molar-refractivity contribution >= 4 is 22.6 Å². The number of aromatic nitrogens is 1. The minimum absolute atomic E-state index is 0.0104. The Labute approximate surface area is 150 Å². The van der Waals surface area contributed by atoms with Gasteiger partial charge in [0.2, 0.25) is 0 Å². The van der Waals surface area contributed by atoms with Crippen LogP contribution in [-0.2, 0) is 22.1 Å². The fraction of sp³-hybridized carbons (Fsp3) is 0.688. The van der Waals surface area contributed by atoms with Crippen LogP contribution in [0.15, 0.2) is 6.07 Å². The molecule has 0 bridgehead atoms. The summed E-state index contributed by atoms with van der Waals surface area (Å²) in [6.07, 6.45) is 0.645. The summed E-state index contributed by atoms with van der Waals surface area (Å²) >= 11 is 6.26. The number of fused-ring (bicyclic) bond motifs is 1. The highest BCUT2D eigenvalue weighted by atomic mass is 35.5. The third-order valence-corrected chi connectivity index (χ3v) is 6.25. The molecule has 1 aliphatic heterocycles. The second kappa shape index (κ2) is 6.53. The zero-order chi connectivity index (χ0) is 18.3. The van der Waals surface area contributed by atoms with Gasteiger partial charge in [-0.1, -0.05) is 18.5 Å². The highest BCUT2D eigenvalue weighted by Crippen LogP contribution is 2.44. The number of hydrogen-bond acceptors (Lipinski definition) is 5. The fourth-order valence-corrected chi connectivity index (χ4v) is 3.65. The number of nitrogens with zero attached hydrogens (tertiary/aromatic N) is 1. The summed E-state index contributed by atoms with van der Waals surface area (Å²) in [5.74, 6) is 0.466. The van der Waals surface area contributed by atoms with Crippen LogP contribution in [0.25, 0.3) is 0 Å². The summed E-state index contributed by atoms with van der Waals surface area (Å²) in [4.78, 5) is 4.22. The van der Waals surface area contributed by atoms with E-state index in [9.17, 15) is 9.32 Å². The Balaban J connectivity index is 2.54. The molecule has 1 aromatic heterocycles. The first-order chi connectivity index (χ1) is 11.0. The Hall–Kier alpha value is -0.730. The van der Waals surface area contributed by atoms with E-state index in [1.165, 1.54) is 0 Å². The van der Waals surface area contributed by atoms with Crippen molar-refractivity contribution in [2.45, 2.75) is 56.9 Å². The van der Waals surface area contributed by atoms with Crippen LogP contribution in [-0.4, -0.2) is 32.2 Å². The fourth-order valence-electron chi connectivity index (χ4n) is 2.43. The van der Waals surface area contributed by atoms with Crippen molar-refractivity contribution in [1.82, 2.24) is 9.71 Å². The van der Waals surface area contributed by atoms with Crippen LogP contribution in [0.2, 0.25) is 5.15 Å². The maximum atomic E-state index is 12.6. The van der Waals surface area contributed by atoms with Gasteiger partial charge in [0.1, 0.15) is 12.2 Å². The average molecular weight is 376 g/mol. The second-order valence-corrected chi connectivity index (χ2v) is 9.68. The molecule has 1 unspecified atom stereocenters. The number of hydrogen-bond donors (Lipinski definition) is 3. The Morgan fingerprint density at radius 3 is 2.62 bits per heavy atom. The Bertz CT molecular complexity index is 661. The topological polar surface area (TPSA) is 97.5 Å². The summed E-state index contributed by atoms with van der Waals surface area (Å²) in [6, 6.07) is 1.75. The van der Waals surface area contributed by atoms with Crippen molar-refractivity contribution in [3.8, 4) is 5.75 Å². The summed E-state index contributed by atoms with van der Waals surface area (Å²) in [5, 5.41) is 10.6. The van der Waals surface area contributed by atoms with Gasteiger partial charge in [-0.25, -0.2) is 13.9 Å². The lowest BCUT2D eigenvalue weighted by Gasteiger charge is -2.32. The molecule has 0 aliphatic carbocycles. The Morgan fingerprint density at radius 1 is 1.50 bits per heavy atom. The summed E-state index contributed by atoms with van der Waals surface area (Å²) in [7, 11) is -1.29. The van der Waals surface area contributed by atoms with E-state index >= 15 is 0 Å². The van der Waals surface area contributed by atoms with Crippen LogP contribution in [0.4, 0.5) is 0 Å². The number of nitrogens with two attached hydrogens (primary N) is 1. The van der Waals surface area contributed by atoms with Crippen LogP contribution in [0, 0.1) is 0 Å². The van der Waals surface area contributed by atoms with E-state index in [1.54, 1.807) is 13.0 Å². The molecule has 24 heavy (non-hydrogen) atoms. The summed E-state index contributed by atoms with van der Waals surface area (Å²) in [5.41, 5.74) is 4.82. The van der Waals surface area contributed by atoms with Gasteiger partial charge in [0.15, 0.2) is 10.9 Å². The predicted molar refractivity (Wildman–Crippen MR) is 96.4 cm³/mol. The van der Waals surface area contributed by atoms with Gasteiger partial charge in [0.05, 0.1) is 27.0 Å². The first kappa shape index (κ1) is 19.6. The van der Waals surface area contributed by atoms with Crippen LogP contribution in [0.3, 0.4) is 0 Å². The quantitative estimate of drug-likeness (QED) is 0.683. The molecular weight excluding hydrogens is 350 g/mol. The summed E-state index contributed by atoms with van der Waals surface area (Å²) < 4.78 is 21.2. The lowest BCUT2D eigenvalue weighted by atomic mass is 9.89. The molecule has 4 N–H and O–H groups in total. The lowest BCUT2D eigenvalue weighted by Crippen LogP contribution is -2.49. The average Bonchev–Trinajstić information content (AvgIpc) is 2.86. The molecule has 0 amide bonds. The minimum atomic E-state index is -1.30. The molecule has 0 spiro atoms. The van der Waals surface area contributed by atoms with Crippen LogP contribution >= 0.6 is 11.6 Å². The molecule has 2 rings (SSSR count). The number of nitrogens with one attached hydrogen (secondary N) is 1. The molecule has 8 heteroatoms. The van der Waals surface area contributed by atoms with Gasteiger partial charge < -0.3 is 15.6 Å². The second-order valence-electron chi connectivity index (χ2n) is 7.36. The van der Waals surface area contributed by atoms with E-state index in [4.69, 9.17) is 22.1 Å². The third kappa shape index (κ3) is 3.46. The van der Waals surface area contributed by atoms with Crippen molar-refractivity contribution in [2.24, 2.45) is 5.73 Å². The van der Waals surface area contributed by atoms with Gasteiger partial charge in [-0.15, -0.1) is 0 Å². The zero-order valence-corrected chi connectivity index (χ0v) is 16.3. The molecule has 6 nitrogen and oxygen atoms in total. The van der Waals surface area contributed by atoms with E-state index in [0.717, 1.165) is 5.56 Å². The number of ether oxygens (including phenoxy) is 1. The van der Waals surface area contributed by atoms with E-state index in [-0.39, 0.29) is 11.7 Å². The molecule has 1 aromatic rings. The van der Waals surface area contributed by atoms with Gasteiger partial charge in [-0.05, 0) is 40.2 Å². The van der Waals surface area contributed by atoms with Gasteiger partial charge in [0, 0.05) is 12.1 Å². The number of aliphatic hydroxyl groups is 1. The van der Waals surface area contributed by atoms with E-state index in [0.29, 0.717) is 24.5 Å². The molecule has 0 radical (unpaired) electrons. The van der Waals surface area contributed by atoms with Crippen molar-refractivity contribution < 1.29 is 14.1 Å². The molecule has 0 saturated carbocycles. The highest BCUT2D eigenvalue weighted by molar-refractivity contribution is 7.84. The van der Waals surface area contributed by atoms with Gasteiger partial charge >= 0.3 is 0 Å². The molecular formula is C16H26ClN3O3S. The number of halogens is 1. The van der Waals surface area contributed by atoms with E-state index in [2.05, 4.69) is 9.71 Å². The van der Waals surface area contributed by atoms with Crippen LogP contribution in [0.1, 0.15) is 52.3 Å². The molecule has 0 saturated heterocycles. The van der Waals surface area contributed by atoms with E-state index in [1.807, 2.05) is 27.7 Å². The maximum absolute atomic E-state index is 12.6. The largest absolute Gasteiger partial charge is 0.488 e. The van der Waals surface area contributed by atoms with Gasteiger partial charge in [0.25, 0.3) is 0 Å². The molecule has 136 valence electrons. The Morgan fingerprint density at radius 2 is 2.12 bits per heavy atom. The first-order valence-corrected chi connectivity index (χ1v) is 9.46. The molecule has 2 heterocycles. The third-order valence-electron chi connectivity index (χ3n) is 4.31. The highest BCUT2D eigenvalue weighted by Gasteiger charge is 2.44. The molecule has 3 atom stereocenters. The smallest absolute Gasteiger partial charge is 0.171 e. The lowest BCUT2D eigenvalue weighted by molar-refractivity contribution is 0.0620. The van der Waals surface area contributed by atoms with E-state index < -0.39 is 26.9 Å². The van der Waals surface area contributed by atoms with Crippen molar-refractivity contribution in [3.63, 3.8) is 0 Å². The molecule has 1 aliphatic rings. The summed E-state index contributed by atoms with van der Waals surface area (Å²) in [6.45, 7) is 9.59. The zero-order valence-electron chi connectivity index (χ0n) is 14.8. The Kier molecular flexibility index (Phi) is 5.33. The molecule has 0 aromatic carbocycles. The number of pyridine rings is 1. The molecule has 0 fully saturated rings. The van der Waals surface area contributed by atoms with Crippen molar-refractivity contribution in [1.29, 1.82) is 0 Å². The van der Waals surface area contributed by atoms with Crippen molar-refractivity contribution in [3.05, 3.63) is 22.5 Å². The normalized spacial score (nSPS) is 24.2. The van der Waals surface area contributed by atoms with Crippen molar-refractivity contribution in [2.75, 3.05) is 13.2 Å². The van der Waals surface area contributed by atoms with Crippen LogP contribution < -0.4 is 15.2 Å². The first-order valence-electron chi connectivity index (χ1n) is 7.93. The standard InChI is InChI=1S/C16H26ClN3O3S/c1-6-16(20-24(22)14(2,3)4)9-23-12-10(16)7-11(19-13(12)17)15(5,21)8-18/h7,20-21H,6,8-9,18H2,1-5H3/t15-,16-,24?/m1/s1. The monoisotopic (exact) mass is 375 g/mol.